The molecular formula is C9H7F2O. The van der Waals surface area contributed by atoms with E-state index in [0.717, 1.165) is 6.07 Å². The van der Waals surface area contributed by atoms with Crippen molar-refractivity contribution < 1.29 is 13.5 Å². The van der Waals surface area contributed by atoms with Crippen LogP contribution in [0.5, 0.6) is 0 Å². The molecule has 12 heavy (non-hydrogen) atoms. The second-order valence-corrected chi connectivity index (χ2v) is 2.91. The number of hydrogen-bond acceptors (Lipinski definition) is 1. The molecule has 1 heterocycles. The number of hydrogen-bond donors (Lipinski definition) is 0. The molecule has 2 rings (SSSR count). The Balaban J connectivity index is 2.45. The molecule has 1 aromatic carbocycles. The summed E-state index contributed by atoms with van der Waals surface area (Å²) in [5, 5.41) is 0. The van der Waals surface area contributed by atoms with Gasteiger partial charge in [0.25, 0.3) is 0 Å². The lowest BCUT2D eigenvalue weighted by atomic mass is 10.0. The number of epoxide rings is 1. The summed E-state index contributed by atoms with van der Waals surface area (Å²) in [6, 6.07) is 3.40. The van der Waals surface area contributed by atoms with Gasteiger partial charge >= 0.3 is 0 Å². The predicted molar refractivity (Wildman–Crippen MR) is 39.3 cm³/mol. The Hall–Kier alpha value is -0.960. The van der Waals surface area contributed by atoms with Gasteiger partial charge in [0.05, 0.1) is 6.61 Å². The van der Waals surface area contributed by atoms with Gasteiger partial charge in [-0.05, 0) is 13.0 Å². The molecule has 1 atom stereocenters. The van der Waals surface area contributed by atoms with Gasteiger partial charge in [0, 0.05) is 11.6 Å². The second-order valence-electron chi connectivity index (χ2n) is 2.91. The van der Waals surface area contributed by atoms with Gasteiger partial charge < -0.3 is 4.74 Å². The van der Waals surface area contributed by atoms with Crippen LogP contribution in [0.25, 0.3) is 0 Å². The lowest BCUT2D eigenvalue weighted by Gasteiger charge is -2.05. The highest BCUT2D eigenvalue weighted by atomic mass is 19.1. The third-order valence-corrected chi connectivity index (χ3v) is 1.91. The summed E-state index contributed by atoms with van der Waals surface area (Å²) >= 11 is 0. The molecule has 1 nitrogen and oxygen atoms in total. The second kappa shape index (κ2) is 2.26. The topological polar surface area (TPSA) is 12.5 Å². The van der Waals surface area contributed by atoms with Gasteiger partial charge in [-0.1, -0.05) is 6.07 Å². The molecular weight excluding hydrogens is 162 g/mol. The van der Waals surface area contributed by atoms with E-state index in [-0.39, 0.29) is 0 Å². The summed E-state index contributed by atoms with van der Waals surface area (Å²) in [6.45, 7) is 4.06. The van der Waals surface area contributed by atoms with E-state index in [2.05, 4.69) is 6.92 Å². The number of ether oxygens (including phenoxy) is 1. The molecule has 0 unspecified atom stereocenters. The normalized spacial score (nSPS) is 27.2. The van der Waals surface area contributed by atoms with E-state index < -0.39 is 17.2 Å². The summed E-state index contributed by atoms with van der Waals surface area (Å²) in [6.07, 6.45) is 0. The van der Waals surface area contributed by atoms with Crippen LogP contribution in [-0.2, 0) is 10.3 Å². The fourth-order valence-electron chi connectivity index (χ4n) is 1.10. The molecule has 1 saturated heterocycles. The highest BCUT2D eigenvalue weighted by Gasteiger charge is 2.43. The van der Waals surface area contributed by atoms with Gasteiger partial charge in [-0.3, -0.25) is 0 Å². The Bertz CT molecular complexity index is 318. The molecule has 1 aliphatic rings. The largest absolute Gasteiger partial charge is 0.364 e. The molecule has 1 aromatic rings. The molecule has 0 saturated carbocycles. The molecule has 0 aliphatic carbocycles. The number of halogens is 2. The van der Waals surface area contributed by atoms with Gasteiger partial charge in [-0.2, -0.15) is 0 Å². The van der Waals surface area contributed by atoms with E-state index in [0.29, 0.717) is 12.2 Å². The van der Waals surface area contributed by atoms with Gasteiger partial charge in [-0.25, -0.2) is 8.78 Å². The molecule has 63 valence electrons. The Labute approximate surface area is 69.0 Å². The molecule has 0 spiro atoms. The minimum atomic E-state index is -0.766. The lowest BCUT2D eigenvalue weighted by Crippen LogP contribution is -2.05. The summed E-state index contributed by atoms with van der Waals surface area (Å²) in [5.41, 5.74) is -0.443. The van der Waals surface area contributed by atoms with Crippen LogP contribution in [0.1, 0.15) is 5.56 Å². The van der Waals surface area contributed by atoms with Crippen molar-refractivity contribution in [2.45, 2.75) is 5.60 Å². The van der Waals surface area contributed by atoms with E-state index in [1.54, 1.807) is 0 Å². The van der Waals surface area contributed by atoms with Crippen LogP contribution in [0.2, 0.25) is 0 Å². The van der Waals surface area contributed by atoms with E-state index in [9.17, 15) is 8.78 Å². The van der Waals surface area contributed by atoms with E-state index in [1.807, 2.05) is 0 Å². The quantitative estimate of drug-likeness (QED) is 0.586. The molecule has 0 amide bonds. The van der Waals surface area contributed by atoms with Crippen LogP contribution < -0.4 is 0 Å². The van der Waals surface area contributed by atoms with Crippen molar-refractivity contribution in [1.82, 2.24) is 0 Å². The van der Waals surface area contributed by atoms with Crippen LogP contribution in [0, 0.1) is 18.6 Å². The zero-order valence-corrected chi connectivity index (χ0v) is 6.31. The first-order chi connectivity index (χ1) is 5.62. The van der Waals surface area contributed by atoms with Crippen LogP contribution in [0.15, 0.2) is 18.2 Å². The Morgan fingerprint density at radius 2 is 2.08 bits per heavy atom. The lowest BCUT2D eigenvalue weighted by molar-refractivity contribution is 0.346. The van der Waals surface area contributed by atoms with E-state index in [4.69, 9.17) is 4.74 Å². The first-order valence-electron chi connectivity index (χ1n) is 3.57. The van der Waals surface area contributed by atoms with Crippen molar-refractivity contribution in [1.29, 1.82) is 0 Å². The van der Waals surface area contributed by atoms with Crippen molar-refractivity contribution in [2.24, 2.45) is 0 Å². The third kappa shape index (κ3) is 1.10. The fourth-order valence-corrected chi connectivity index (χ4v) is 1.10. The third-order valence-electron chi connectivity index (χ3n) is 1.91. The molecule has 1 radical (unpaired) electrons. The molecule has 0 aromatic heterocycles. The monoisotopic (exact) mass is 169 g/mol. The maximum absolute atomic E-state index is 13.0. The molecule has 0 N–H and O–H groups in total. The minimum absolute atomic E-state index is 0.323. The molecule has 1 fully saturated rings. The van der Waals surface area contributed by atoms with Crippen molar-refractivity contribution >= 4 is 0 Å². The molecule has 0 bridgehead atoms. The maximum atomic E-state index is 13.0. The van der Waals surface area contributed by atoms with Crippen LogP contribution in [0.3, 0.4) is 0 Å². The van der Waals surface area contributed by atoms with E-state index >= 15 is 0 Å². The van der Waals surface area contributed by atoms with Gasteiger partial charge in [0.1, 0.15) is 17.2 Å². The van der Waals surface area contributed by atoms with Gasteiger partial charge in [-0.15, -0.1) is 0 Å². The van der Waals surface area contributed by atoms with E-state index in [1.165, 1.54) is 12.1 Å². The summed E-state index contributed by atoms with van der Waals surface area (Å²) in [5.74, 6) is -1.18. The smallest absolute Gasteiger partial charge is 0.132 e. The van der Waals surface area contributed by atoms with Gasteiger partial charge in [0.15, 0.2) is 0 Å². The first-order valence-corrected chi connectivity index (χ1v) is 3.57. The standard InChI is InChI=1S/C9H7F2O/c1-9(5-12-9)7-3-2-6(10)4-8(7)11/h2-4H,1,5H2/t9-/m1/s1. The highest BCUT2D eigenvalue weighted by molar-refractivity contribution is 5.29. The SMILES string of the molecule is [CH2][C@]1(c2ccc(F)cc2F)CO1. The maximum Gasteiger partial charge on any atom is 0.132 e. The van der Waals surface area contributed by atoms with Crippen molar-refractivity contribution in [3.05, 3.63) is 42.3 Å². The zero-order valence-electron chi connectivity index (χ0n) is 6.31. The summed E-state index contributed by atoms with van der Waals surface area (Å²) < 4.78 is 30.4. The first kappa shape index (κ1) is 7.68. The average molecular weight is 169 g/mol. The van der Waals surface area contributed by atoms with Gasteiger partial charge in [0.2, 0.25) is 0 Å². The summed E-state index contributed by atoms with van der Waals surface area (Å²) in [7, 11) is 0. The zero-order chi connectivity index (χ0) is 8.77. The molecule has 1 aliphatic heterocycles. The van der Waals surface area contributed by atoms with Crippen LogP contribution >= 0.6 is 0 Å². The summed E-state index contributed by atoms with van der Waals surface area (Å²) in [4.78, 5) is 0. The number of benzene rings is 1. The average Bonchev–Trinajstić information content (AvgIpc) is 2.68. The van der Waals surface area contributed by atoms with Crippen molar-refractivity contribution in [3.63, 3.8) is 0 Å². The minimum Gasteiger partial charge on any atom is -0.364 e. The highest BCUT2D eigenvalue weighted by Crippen LogP contribution is 2.38. The number of rotatable bonds is 1. The predicted octanol–water partition coefficient (Wildman–Crippen LogP) is 2.02. The van der Waals surface area contributed by atoms with Crippen LogP contribution in [0.4, 0.5) is 8.78 Å². The molecule has 3 heteroatoms. The Morgan fingerprint density at radius 3 is 2.58 bits per heavy atom. The Kier molecular flexibility index (Phi) is 1.45. The van der Waals surface area contributed by atoms with Crippen molar-refractivity contribution in [2.75, 3.05) is 6.61 Å². The fraction of sp³-hybridized carbons (Fsp3) is 0.222. The van der Waals surface area contributed by atoms with Crippen molar-refractivity contribution in [3.8, 4) is 0 Å². The van der Waals surface area contributed by atoms with Crippen LogP contribution in [-0.4, -0.2) is 6.61 Å². The Morgan fingerprint density at radius 1 is 1.42 bits per heavy atom.